The van der Waals surface area contributed by atoms with Crippen LogP contribution in [0.15, 0.2) is 65.2 Å². The molecule has 0 fully saturated rings. The van der Waals surface area contributed by atoms with Crippen LogP contribution in [0.2, 0.25) is 0 Å². The van der Waals surface area contributed by atoms with Gasteiger partial charge in [-0.2, -0.15) is 0 Å². The molecule has 0 aliphatic rings. The summed E-state index contributed by atoms with van der Waals surface area (Å²) in [5.74, 6) is 1.30. The molecule has 0 aliphatic heterocycles. The predicted molar refractivity (Wildman–Crippen MR) is 233 cm³/mol. The van der Waals surface area contributed by atoms with Crippen molar-refractivity contribution >= 4 is 19.8 Å². The third kappa shape index (κ3) is 28.4. The molecule has 0 spiro atoms. The van der Waals surface area contributed by atoms with Crippen LogP contribution in [-0.2, 0) is 45.5 Å². The number of likely N-dealkylation sites (N-methyl/N-ethyl adjacent to an activating group) is 1. The molecular weight excluding hydrogens is 757 g/mol. The zero-order valence-corrected chi connectivity index (χ0v) is 37.7. The zero-order valence-electron chi connectivity index (χ0n) is 36.8. The summed E-state index contributed by atoms with van der Waals surface area (Å²) in [5.41, 5.74) is 2.57. The van der Waals surface area contributed by atoms with Gasteiger partial charge < -0.3 is 28.4 Å². The highest BCUT2D eigenvalue weighted by Crippen LogP contribution is 2.43. The van der Waals surface area contributed by atoms with Gasteiger partial charge in [-0.25, -0.2) is 4.57 Å². The van der Waals surface area contributed by atoms with Crippen LogP contribution in [0.4, 0.5) is 0 Å². The van der Waals surface area contributed by atoms with E-state index in [2.05, 4.69) is 32.9 Å². The number of carbonyl (C=O) groups excluding carboxylic acids is 2. The van der Waals surface area contributed by atoms with Crippen molar-refractivity contribution in [3.8, 4) is 0 Å². The molecule has 0 saturated heterocycles. The first-order chi connectivity index (χ1) is 27.7. The summed E-state index contributed by atoms with van der Waals surface area (Å²) in [4.78, 5) is 35.4. The summed E-state index contributed by atoms with van der Waals surface area (Å²) in [6.45, 7) is 8.24. The fraction of sp³-hybridized carbons (Fsp3) is 0.652. The first kappa shape index (κ1) is 53.0. The normalized spacial score (nSPS) is 14.7. The molecule has 0 aromatic carbocycles. The molecule has 0 radical (unpaired) electrons. The zero-order chi connectivity index (χ0) is 43.1. The van der Waals surface area contributed by atoms with Crippen LogP contribution >= 0.6 is 7.82 Å². The van der Waals surface area contributed by atoms with E-state index in [1.165, 1.54) is 11.1 Å². The summed E-state index contributed by atoms with van der Waals surface area (Å²) in [6.07, 6.45) is 32.0. The standard InChI is InChI=1S/C46H76NO10P/c1-8-10-30-41(48)31-25-21-17-15-13-11-12-14-16-18-24-28-34-46(50)56-42(38-55-58(51,52)54-36-35-47(5,6)7)37-53-45(49)33-27-23-20-19-22-26-32-44-40(4)39(3)43(57-44)29-9-2/h10-12,15-18,21,25,30,41-42,48H,8-9,13-14,19-20,22-24,26-29,31-38H2,1-7H3/p+1/b12-11-,17-15-,18-16-,25-21+,30-10-/t41?,42-/m1/s1. The molecule has 58 heavy (non-hydrogen) atoms. The summed E-state index contributed by atoms with van der Waals surface area (Å²) in [6, 6.07) is 0. The fourth-order valence-corrected chi connectivity index (χ4v) is 6.44. The van der Waals surface area contributed by atoms with Crippen LogP contribution in [0.5, 0.6) is 0 Å². The third-order valence-electron chi connectivity index (χ3n) is 9.31. The van der Waals surface area contributed by atoms with E-state index >= 15 is 0 Å². The van der Waals surface area contributed by atoms with E-state index in [0.717, 1.165) is 82.1 Å². The molecule has 11 nitrogen and oxygen atoms in total. The fourth-order valence-electron chi connectivity index (χ4n) is 5.70. The highest BCUT2D eigenvalue weighted by Gasteiger charge is 2.27. The Balaban J connectivity index is 2.43. The van der Waals surface area contributed by atoms with E-state index in [9.17, 15) is 24.2 Å². The number of furan rings is 1. The average molecular weight is 835 g/mol. The van der Waals surface area contributed by atoms with E-state index in [4.69, 9.17) is 22.9 Å². The molecule has 0 saturated carbocycles. The van der Waals surface area contributed by atoms with Crippen LogP contribution in [0.1, 0.15) is 133 Å². The second kappa shape index (κ2) is 31.8. The molecule has 0 bridgehead atoms. The number of aliphatic hydroxyl groups is 1. The Labute approximate surface area is 350 Å². The van der Waals surface area contributed by atoms with Gasteiger partial charge in [-0.3, -0.25) is 18.6 Å². The third-order valence-corrected chi connectivity index (χ3v) is 10.3. The van der Waals surface area contributed by atoms with Crippen LogP contribution in [-0.4, -0.2) is 86.1 Å². The number of allylic oxidation sites excluding steroid dienone is 8. The number of phosphoric acid groups is 1. The van der Waals surface area contributed by atoms with Crippen molar-refractivity contribution in [2.24, 2.45) is 0 Å². The van der Waals surface area contributed by atoms with Crippen LogP contribution in [0, 0.1) is 13.8 Å². The highest BCUT2D eigenvalue weighted by atomic mass is 31.2. The van der Waals surface area contributed by atoms with Gasteiger partial charge >= 0.3 is 19.8 Å². The molecular formula is C46H77NO10P+. The smallest absolute Gasteiger partial charge is 0.466 e. The van der Waals surface area contributed by atoms with Crippen LogP contribution in [0.3, 0.4) is 0 Å². The van der Waals surface area contributed by atoms with Crippen molar-refractivity contribution in [2.45, 2.75) is 149 Å². The van der Waals surface area contributed by atoms with Gasteiger partial charge in [-0.15, -0.1) is 0 Å². The summed E-state index contributed by atoms with van der Waals surface area (Å²) >= 11 is 0. The lowest BCUT2D eigenvalue weighted by atomic mass is 10.0. The second-order valence-electron chi connectivity index (χ2n) is 15.8. The van der Waals surface area contributed by atoms with Crippen LogP contribution < -0.4 is 0 Å². The van der Waals surface area contributed by atoms with E-state index in [-0.39, 0.29) is 26.1 Å². The molecule has 0 amide bonds. The maximum atomic E-state index is 12.7. The Morgan fingerprint density at radius 1 is 0.759 bits per heavy atom. The van der Waals surface area contributed by atoms with Gasteiger partial charge in [0.2, 0.25) is 0 Å². The number of aryl methyl sites for hydroxylation is 2. The Morgan fingerprint density at radius 2 is 1.38 bits per heavy atom. The number of unbranched alkanes of at least 4 members (excludes halogenated alkanes) is 6. The van der Waals surface area contributed by atoms with Crippen LogP contribution in [0.25, 0.3) is 0 Å². The number of phosphoric ester groups is 1. The second-order valence-corrected chi connectivity index (χ2v) is 17.2. The number of rotatable bonds is 34. The predicted octanol–water partition coefficient (Wildman–Crippen LogP) is 10.3. The lowest BCUT2D eigenvalue weighted by molar-refractivity contribution is -0.870. The van der Waals surface area contributed by atoms with Crippen molar-refractivity contribution in [3.63, 3.8) is 0 Å². The summed E-state index contributed by atoms with van der Waals surface area (Å²) in [5, 5.41) is 9.78. The number of quaternary nitrogens is 1. The number of hydrogen-bond acceptors (Lipinski definition) is 9. The largest absolute Gasteiger partial charge is 0.472 e. The SMILES string of the molecule is CC/C=C\C(O)C/C=C/C=C\C/C=C\C/C=C\CCCC(=O)O[C@H](COC(=O)CCCCCCCCc1oc(CCC)c(C)c1C)COP(=O)(O)OCC[N+](C)(C)C. The molecule has 1 aromatic heterocycles. The number of carbonyl (C=O) groups is 2. The first-order valence-electron chi connectivity index (χ1n) is 21.5. The van der Waals surface area contributed by atoms with Gasteiger partial charge in [0.15, 0.2) is 6.10 Å². The van der Waals surface area contributed by atoms with Crippen molar-refractivity contribution in [2.75, 3.05) is 47.5 Å². The van der Waals surface area contributed by atoms with Crippen molar-refractivity contribution in [1.82, 2.24) is 0 Å². The van der Waals surface area contributed by atoms with E-state index in [0.29, 0.717) is 36.7 Å². The minimum atomic E-state index is -4.42. The van der Waals surface area contributed by atoms with Gasteiger partial charge in [0.1, 0.15) is 31.3 Å². The molecule has 1 aromatic rings. The molecule has 1 rings (SSSR count). The topological polar surface area (TPSA) is 142 Å². The maximum Gasteiger partial charge on any atom is 0.472 e. The van der Waals surface area contributed by atoms with Crippen molar-refractivity contribution in [3.05, 3.63) is 83.4 Å². The highest BCUT2D eigenvalue weighted by molar-refractivity contribution is 7.47. The Bertz CT molecular complexity index is 1470. The monoisotopic (exact) mass is 835 g/mol. The summed E-state index contributed by atoms with van der Waals surface area (Å²) in [7, 11) is 1.37. The Kier molecular flexibility index (Phi) is 29.1. The number of aliphatic hydroxyl groups excluding tert-OH is 1. The van der Waals surface area contributed by atoms with Gasteiger partial charge in [0.25, 0.3) is 0 Å². The Morgan fingerprint density at radius 3 is 2.07 bits per heavy atom. The summed E-state index contributed by atoms with van der Waals surface area (Å²) < 4.78 is 40.3. The minimum absolute atomic E-state index is 0.00196. The van der Waals surface area contributed by atoms with Crippen molar-refractivity contribution in [1.29, 1.82) is 0 Å². The molecule has 12 heteroatoms. The van der Waals surface area contributed by atoms with E-state index in [1.807, 2.05) is 76.7 Å². The van der Waals surface area contributed by atoms with E-state index < -0.39 is 38.6 Å². The molecule has 2 N–H and O–H groups in total. The molecule has 0 aliphatic carbocycles. The average Bonchev–Trinajstić information content (AvgIpc) is 3.43. The van der Waals surface area contributed by atoms with Gasteiger partial charge in [-0.1, -0.05) is 100 Å². The molecule has 1 heterocycles. The van der Waals surface area contributed by atoms with Gasteiger partial charge in [-0.05, 0) is 82.8 Å². The molecule has 3 atom stereocenters. The lowest BCUT2D eigenvalue weighted by Crippen LogP contribution is -2.37. The molecule has 2 unspecified atom stereocenters. The molecule has 330 valence electrons. The number of ether oxygens (including phenoxy) is 2. The quantitative estimate of drug-likeness (QED) is 0.0172. The number of nitrogens with zero attached hydrogens (tertiary/aromatic N) is 1. The number of esters is 2. The van der Waals surface area contributed by atoms with Crippen molar-refractivity contribution < 1.29 is 51.6 Å². The van der Waals surface area contributed by atoms with Gasteiger partial charge in [0.05, 0.1) is 33.9 Å². The first-order valence-corrected chi connectivity index (χ1v) is 23.0. The van der Waals surface area contributed by atoms with E-state index in [1.54, 1.807) is 0 Å². The number of hydrogen-bond donors (Lipinski definition) is 2. The maximum absolute atomic E-state index is 12.7. The lowest BCUT2D eigenvalue weighted by Gasteiger charge is -2.24. The minimum Gasteiger partial charge on any atom is -0.466 e. The Hall–Kier alpha value is -3.05. The van der Waals surface area contributed by atoms with Gasteiger partial charge in [0, 0.05) is 25.7 Å².